The molecule has 6 heteroatoms. The van der Waals surface area contributed by atoms with Gasteiger partial charge in [0.15, 0.2) is 0 Å². The minimum Gasteiger partial charge on any atom is -0.347 e. The molecule has 0 saturated heterocycles. The van der Waals surface area contributed by atoms with E-state index >= 15 is 0 Å². The van der Waals surface area contributed by atoms with Gasteiger partial charge in [-0.2, -0.15) is 10.4 Å². The van der Waals surface area contributed by atoms with Gasteiger partial charge in [0.2, 0.25) is 0 Å². The number of carbonyl (C=O) groups excluding carboxylic acids is 1. The Morgan fingerprint density at radius 1 is 1.03 bits per heavy atom. The topological polar surface area (TPSA) is 70.7 Å². The van der Waals surface area contributed by atoms with Gasteiger partial charge in [-0.3, -0.25) is 4.79 Å². The monoisotopic (exact) mass is 478 g/mol. The van der Waals surface area contributed by atoms with Crippen LogP contribution in [-0.2, 0) is 11.3 Å². The van der Waals surface area contributed by atoms with Crippen molar-refractivity contribution in [1.29, 1.82) is 5.26 Å². The number of rotatable bonds is 9. The van der Waals surface area contributed by atoms with Gasteiger partial charge in [0.25, 0.3) is 5.91 Å². The number of nitrogens with zero attached hydrogens (tertiary/aromatic N) is 3. The molecule has 0 aliphatic rings. The molecule has 174 valence electrons. The summed E-state index contributed by atoms with van der Waals surface area (Å²) in [6.07, 6.45) is 4.58. The number of amides is 1. The average molecular weight is 479 g/mol. The van der Waals surface area contributed by atoms with Crippen LogP contribution in [0.5, 0.6) is 0 Å². The summed E-state index contributed by atoms with van der Waals surface area (Å²) in [6, 6.07) is 29.7. The van der Waals surface area contributed by atoms with Crippen molar-refractivity contribution in [3.05, 3.63) is 108 Å². The molecule has 3 aromatic carbocycles. The van der Waals surface area contributed by atoms with Crippen molar-refractivity contribution in [2.24, 2.45) is 0 Å². The van der Waals surface area contributed by atoms with Crippen LogP contribution in [0.4, 0.5) is 0 Å². The first-order valence-corrected chi connectivity index (χ1v) is 12.5. The Morgan fingerprint density at radius 2 is 1.71 bits per heavy atom. The molecule has 0 aliphatic heterocycles. The van der Waals surface area contributed by atoms with Gasteiger partial charge >= 0.3 is 0 Å². The second-order valence-electron chi connectivity index (χ2n) is 7.92. The number of hydrogen-bond acceptors (Lipinski definition) is 4. The van der Waals surface area contributed by atoms with Crippen LogP contribution in [0.15, 0.2) is 102 Å². The van der Waals surface area contributed by atoms with Crippen LogP contribution in [0.1, 0.15) is 24.5 Å². The highest BCUT2D eigenvalue weighted by molar-refractivity contribution is 7.99. The summed E-state index contributed by atoms with van der Waals surface area (Å²) in [7, 11) is 0. The summed E-state index contributed by atoms with van der Waals surface area (Å²) in [5.41, 5.74) is 4.24. The summed E-state index contributed by atoms with van der Waals surface area (Å²) >= 11 is 1.82. The zero-order valence-corrected chi connectivity index (χ0v) is 20.3. The Hall–Kier alpha value is -4.08. The molecule has 1 heterocycles. The molecule has 5 nitrogen and oxygen atoms in total. The van der Waals surface area contributed by atoms with Crippen LogP contribution >= 0.6 is 11.8 Å². The lowest BCUT2D eigenvalue weighted by Crippen LogP contribution is -2.23. The third kappa shape index (κ3) is 6.28. The van der Waals surface area contributed by atoms with E-state index < -0.39 is 5.91 Å². The van der Waals surface area contributed by atoms with E-state index in [1.54, 1.807) is 10.8 Å². The van der Waals surface area contributed by atoms with E-state index in [2.05, 4.69) is 30.4 Å². The largest absolute Gasteiger partial charge is 0.347 e. The number of benzene rings is 3. The smallest absolute Gasteiger partial charge is 0.262 e. The molecule has 1 aromatic heterocycles. The number of nitriles is 1. The van der Waals surface area contributed by atoms with Crippen molar-refractivity contribution in [3.8, 4) is 23.0 Å². The Balaban J connectivity index is 1.66. The van der Waals surface area contributed by atoms with E-state index in [0.29, 0.717) is 17.8 Å². The minimum atomic E-state index is -0.416. The summed E-state index contributed by atoms with van der Waals surface area (Å²) < 4.78 is 1.78. The van der Waals surface area contributed by atoms with Gasteiger partial charge in [0, 0.05) is 28.8 Å². The molecule has 4 aromatic rings. The lowest BCUT2D eigenvalue weighted by Gasteiger charge is -2.05. The van der Waals surface area contributed by atoms with Crippen LogP contribution < -0.4 is 5.32 Å². The maximum Gasteiger partial charge on any atom is 0.262 e. The van der Waals surface area contributed by atoms with E-state index in [4.69, 9.17) is 5.10 Å². The lowest BCUT2D eigenvalue weighted by molar-refractivity contribution is -0.117. The fraction of sp³-hybridized carbons (Fsp3) is 0.138. The predicted octanol–water partition coefficient (Wildman–Crippen LogP) is 6.26. The fourth-order valence-electron chi connectivity index (χ4n) is 3.54. The van der Waals surface area contributed by atoms with E-state index in [1.165, 1.54) is 4.90 Å². The molecular weight excluding hydrogens is 452 g/mol. The zero-order chi connectivity index (χ0) is 24.5. The van der Waals surface area contributed by atoms with Crippen LogP contribution in [-0.4, -0.2) is 21.4 Å². The number of hydrogen-bond donors (Lipinski definition) is 1. The predicted molar refractivity (Wildman–Crippen MR) is 142 cm³/mol. The second kappa shape index (κ2) is 11.9. The highest BCUT2D eigenvalue weighted by Gasteiger charge is 2.15. The normalized spacial score (nSPS) is 11.1. The van der Waals surface area contributed by atoms with Crippen molar-refractivity contribution < 1.29 is 4.79 Å². The molecule has 0 fully saturated rings. The van der Waals surface area contributed by atoms with Crippen molar-refractivity contribution in [2.75, 3.05) is 5.75 Å². The van der Waals surface area contributed by atoms with Gasteiger partial charge in [0.05, 0.1) is 11.4 Å². The summed E-state index contributed by atoms with van der Waals surface area (Å²) in [5, 5.41) is 17.4. The van der Waals surface area contributed by atoms with Crippen LogP contribution in [0.3, 0.4) is 0 Å². The first-order chi connectivity index (χ1) is 17.2. The van der Waals surface area contributed by atoms with Gasteiger partial charge in [-0.05, 0) is 48.1 Å². The second-order valence-corrected chi connectivity index (χ2v) is 9.09. The van der Waals surface area contributed by atoms with E-state index in [-0.39, 0.29) is 5.57 Å². The third-order valence-corrected chi connectivity index (χ3v) is 6.54. The Kier molecular flexibility index (Phi) is 8.16. The molecule has 0 atom stereocenters. The number of para-hydroxylation sites is 1. The molecule has 35 heavy (non-hydrogen) atoms. The SMILES string of the molecule is CCCSc1ccc(-c2nn(-c3ccccc3)cc2/C=C(/C#N)C(=O)NCc2ccccc2)cc1. The van der Waals surface area contributed by atoms with E-state index in [1.807, 2.05) is 90.8 Å². The molecule has 0 unspecified atom stereocenters. The lowest BCUT2D eigenvalue weighted by atomic mass is 10.1. The van der Waals surface area contributed by atoms with Gasteiger partial charge in [0.1, 0.15) is 11.6 Å². The van der Waals surface area contributed by atoms with E-state index in [9.17, 15) is 10.1 Å². The van der Waals surface area contributed by atoms with Crippen molar-refractivity contribution in [2.45, 2.75) is 24.8 Å². The first kappa shape index (κ1) is 24.1. The standard InChI is InChI=1S/C29H26N4OS/c1-2-17-35-27-15-13-23(14-16-27)28-25(21-33(32-28)26-11-7-4-8-12-26)18-24(19-30)29(34)31-20-22-9-5-3-6-10-22/h3-16,18,21H,2,17,20H2,1H3,(H,31,34)/b24-18-. The molecule has 0 bridgehead atoms. The van der Waals surface area contributed by atoms with Crippen LogP contribution in [0, 0.1) is 11.3 Å². The van der Waals surface area contributed by atoms with Crippen molar-refractivity contribution in [3.63, 3.8) is 0 Å². The summed E-state index contributed by atoms with van der Waals surface area (Å²) in [5.74, 6) is 0.653. The highest BCUT2D eigenvalue weighted by atomic mass is 32.2. The van der Waals surface area contributed by atoms with Gasteiger partial charge in [-0.15, -0.1) is 11.8 Å². The number of aromatic nitrogens is 2. The van der Waals surface area contributed by atoms with Crippen LogP contribution in [0.25, 0.3) is 23.0 Å². The van der Waals surface area contributed by atoms with Crippen molar-refractivity contribution in [1.82, 2.24) is 15.1 Å². The first-order valence-electron chi connectivity index (χ1n) is 11.5. The Bertz CT molecular complexity index is 1340. The maximum absolute atomic E-state index is 12.8. The quantitative estimate of drug-likeness (QED) is 0.175. The summed E-state index contributed by atoms with van der Waals surface area (Å²) in [6.45, 7) is 2.52. The number of carbonyl (C=O) groups is 1. The molecule has 1 amide bonds. The molecular formula is C29H26N4OS. The molecule has 0 spiro atoms. The molecule has 4 rings (SSSR count). The third-order valence-electron chi connectivity index (χ3n) is 5.32. The fourth-order valence-corrected chi connectivity index (χ4v) is 4.31. The Morgan fingerprint density at radius 3 is 2.37 bits per heavy atom. The highest BCUT2D eigenvalue weighted by Crippen LogP contribution is 2.28. The number of nitrogens with one attached hydrogen (secondary N) is 1. The van der Waals surface area contributed by atoms with Gasteiger partial charge in [-0.1, -0.05) is 67.6 Å². The molecule has 1 N–H and O–H groups in total. The molecule has 0 aliphatic carbocycles. The summed E-state index contributed by atoms with van der Waals surface area (Å²) in [4.78, 5) is 14.0. The molecule has 0 saturated carbocycles. The van der Waals surface area contributed by atoms with Crippen LogP contribution in [0.2, 0.25) is 0 Å². The van der Waals surface area contributed by atoms with Gasteiger partial charge < -0.3 is 5.32 Å². The Labute approximate surface area is 210 Å². The maximum atomic E-state index is 12.8. The minimum absolute atomic E-state index is 0.0323. The zero-order valence-electron chi connectivity index (χ0n) is 19.5. The average Bonchev–Trinajstić information content (AvgIpc) is 3.34. The van der Waals surface area contributed by atoms with E-state index in [0.717, 1.165) is 29.0 Å². The molecule has 0 radical (unpaired) electrons. The van der Waals surface area contributed by atoms with Crippen molar-refractivity contribution >= 4 is 23.7 Å². The number of thioether (sulfide) groups is 1. The van der Waals surface area contributed by atoms with Gasteiger partial charge in [-0.25, -0.2) is 4.68 Å².